The predicted molar refractivity (Wildman–Crippen MR) is 110 cm³/mol. The van der Waals surface area contributed by atoms with E-state index in [1.165, 1.54) is 5.52 Å². The molecule has 138 valence electrons. The van der Waals surface area contributed by atoms with E-state index in [9.17, 15) is 4.79 Å². The number of piperidine rings is 1. The number of hydrogen-bond acceptors (Lipinski definition) is 2. The van der Waals surface area contributed by atoms with Crippen LogP contribution in [0.15, 0.2) is 60.9 Å². The maximum absolute atomic E-state index is 12.5. The summed E-state index contributed by atoms with van der Waals surface area (Å²) in [7, 11) is 0. The minimum Gasteiger partial charge on any atom is -0.339 e. The van der Waals surface area contributed by atoms with Gasteiger partial charge in [-0.15, -0.1) is 0 Å². The van der Waals surface area contributed by atoms with Gasteiger partial charge in [-0.05, 0) is 48.6 Å². The zero-order valence-electron chi connectivity index (χ0n) is 15.1. The molecule has 0 bridgehead atoms. The molecule has 0 N–H and O–H groups in total. The standard InChI is InChI=1S/C22H22ClN3O/c23-19-6-2-1-5-18(19)9-10-22(27)25-13-11-17(12-14-25)15-26-16-24-20-7-3-4-8-21(20)26/h1-10,16-17H,11-15H2/b10-9+. The van der Waals surface area contributed by atoms with Crippen molar-refractivity contribution in [3.63, 3.8) is 0 Å². The monoisotopic (exact) mass is 379 g/mol. The van der Waals surface area contributed by atoms with E-state index < -0.39 is 0 Å². The molecule has 1 fully saturated rings. The number of halogens is 1. The zero-order chi connectivity index (χ0) is 18.6. The Labute approximate surface area is 164 Å². The van der Waals surface area contributed by atoms with Crippen LogP contribution in [-0.4, -0.2) is 33.4 Å². The van der Waals surface area contributed by atoms with E-state index in [1.807, 2.05) is 53.7 Å². The van der Waals surface area contributed by atoms with Crippen molar-refractivity contribution in [2.24, 2.45) is 5.92 Å². The number of amides is 1. The van der Waals surface area contributed by atoms with Gasteiger partial charge in [0.25, 0.3) is 0 Å². The van der Waals surface area contributed by atoms with E-state index in [-0.39, 0.29) is 5.91 Å². The van der Waals surface area contributed by atoms with Gasteiger partial charge in [0.2, 0.25) is 5.91 Å². The quantitative estimate of drug-likeness (QED) is 0.619. The number of fused-ring (bicyclic) bond motifs is 1. The third kappa shape index (κ3) is 4.06. The molecule has 1 aliphatic heterocycles. The van der Waals surface area contributed by atoms with Crippen molar-refractivity contribution in [3.8, 4) is 0 Å². The normalized spacial score (nSPS) is 15.7. The first-order valence-electron chi connectivity index (χ1n) is 9.32. The molecule has 1 saturated heterocycles. The number of imidazole rings is 1. The number of nitrogens with zero attached hydrogens (tertiary/aromatic N) is 3. The van der Waals surface area contributed by atoms with Crippen molar-refractivity contribution in [2.45, 2.75) is 19.4 Å². The van der Waals surface area contributed by atoms with E-state index in [0.717, 1.165) is 43.6 Å². The van der Waals surface area contributed by atoms with Gasteiger partial charge in [-0.25, -0.2) is 4.98 Å². The van der Waals surface area contributed by atoms with Gasteiger partial charge in [0.05, 0.1) is 17.4 Å². The summed E-state index contributed by atoms with van der Waals surface area (Å²) in [5.74, 6) is 0.626. The summed E-state index contributed by atoms with van der Waals surface area (Å²) in [5, 5.41) is 0.660. The Kier molecular flexibility index (Phi) is 5.26. The van der Waals surface area contributed by atoms with Crippen LogP contribution in [0.2, 0.25) is 5.02 Å². The summed E-state index contributed by atoms with van der Waals surface area (Å²) < 4.78 is 2.23. The smallest absolute Gasteiger partial charge is 0.246 e. The Bertz CT molecular complexity index is 970. The van der Waals surface area contributed by atoms with Gasteiger partial charge in [0.1, 0.15) is 0 Å². The van der Waals surface area contributed by atoms with Crippen LogP contribution < -0.4 is 0 Å². The minimum atomic E-state index is 0.0569. The Morgan fingerprint density at radius 2 is 1.85 bits per heavy atom. The Morgan fingerprint density at radius 3 is 2.67 bits per heavy atom. The van der Waals surface area contributed by atoms with Crippen molar-refractivity contribution in [2.75, 3.05) is 13.1 Å². The number of carbonyl (C=O) groups excluding carboxylic acids is 1. The van der Waals surface area contributed by atoms with Gasteiger partial charge in [0.15, 0.2) is 0 Å². The van der Waals surface area contributed by atoms with Crippen LogP contribution in [0.3, 0.4) is 0 Å². The van der Waals surface area contributed by atoms with Crippen molar-refractivity contribution in [1.82, 2.24) is 14.5 Å². The van der Waals surface area contributed by atoms with Crippen LogP contribution in [0.5, 0.6) is 0 Å². The lowest BCUT2D eigenvalue weighted by atomic mass is 9.96. The molecule has 3 aromatic rings. The van der Waals surface area contributed by atoms with Gasteiger partial charge < -0.3 is 9.47 Å². The number of likely N-dealkylation sites (tertiary alicyclic amines) is 1. The molecule has 1 amide bonds. The van der Waals surface area contributed by atoms with Crippen molar-refractivity contribution < 1.29 is 4.79 Å². The fourth-order valence-corrected chi connectivity index (χ4v) is 3.85. The van der Waals surface area contributed by atoms with E-state index in [2.05, 4.69) is 15.6 Å². The topological polar surface area (TPSA) is 38.1 Å². The summed E-state index contributed by atoms with van der Waals surface area (Å²) in [5.41, 5.74) is 3.09. The number of aromatic nitrogens is 2. The Balaban J connectivity index is 1.33. The number of hydrogen-bond donors (Lipinski definition) is 0. The summed E-state index contributed by atoms with van der Waals surface area (Å²) in [6.45, 7) is 2.55. The molecule has 0 spiro atoms. The van der Waals surface area contributed by atoms with E-state index in [1.54, 1.807) is 12.2 Å². The fourth-order valence-electron chi connectivity index (χ4n) is 3.65. The van der Waals surface area contributed by atoms with E-state index >= 15 is 0 Å². The zero-order valence-corrected chi connectivity index (χ0v) is 15.8. The maximum Gasteiger partial charge on any atom is 0.246 e. The molecule has 0 atom stereocenters. The highest BCUT2D eigenvalue weighted by atomic mass is 35.5. The average molecular weight is 380 g/mol. The van der Waals surface area contributed by atoms with Crippen LogP contribution in [-0.2, 0) is 11.3 Å². The van der Waals surface area contributed by atoms with Gasteiger partial charge in [-0.3, -0.25) is 4.79 Å². The van der Waals surface area contributed by atoms with Crippen LogP contribution in [0.1, 0.15) is 18.4 Å². The summed E-state index contributed by atoms with van der Waals surface area (Å²) in [6.07, 6.45) is 7.38. The lowest BCUT2D eigenvalue weighted by Gasteiger charge is -2.31. The SMILES string of the molecule is O=C(/C=C/c1ccccc1Cl)N1CCC(Cn2cnc3ccccc32)CC1. The molecule has 1 aliphatic rings. The molecular formula is C22H22ClN3O. The number of rotatable bonds is 4. The van der Waals surface area contributed by atoms with Crippen molar-refractivity contribution in [3.05, 3.63) is 71.5 Å². The predicted octanol–water partition coefficient (Wildman–Crippen LogP) is 4.64. The molecule has 0 aliphatic carbocycles. The summed E-state index contributed by atoms with van der Waals surface area (Å²) in [6, 6.07) is 15.8. The fraction of sp³-hybridized carbons (Fsp3) is 0.273. The molecule has 2 heterocycles. The lowest BCUT2D eigenvalue weighted by molar-refractivity contribution is -0.127. The number of para-hydroxylation sites is 2. The van der Waals surface area contributed by atoms with Crippen molar-refractivity contribution in [1.29, 1.82) is 0 Å². The van der Waals surface area contributed by atoms with E-state index in [4.69, 9.17) is 11.6 Å². The second-order valence-electron chi connectivity index (χ2n) is 7.01. The Hall–Kier alpha value is -2.59. The van der Waals surface area contributed by atoms with Crippen LogP contribution >= 0.6 is 11.6 Å². The highest BCUT2D eigenvalue weighted by molar-refractivity contribution is 6.32. The summed E-state index contributed by atoms with van der Waals surface area (Å²) >= 11 is 6.14. The molecule has 5 heteroatoms. The Morgan fingerprint density at radius 1 is 1.11 bits per heavy atom. The van der Waals surface area contributed by atoms with Crippen LogP contribution in [0, 0.1) is 5.92 Å². The minimum absolute atomic E-state index is 0.0569. The molecule has 4 nitrogen and oxygen atoms in total. The van der Waals surface area contributed by atoms with Gasteiger partial charge in [-0.1, -0.05) is 41.9 Å². The molecule has 27 heavy (non-hydrogen) atoms. The second-order valence-corrected chi connectivity index (χ2v) is 7.42. The third-order valence-electron chi connectivity index (χ3n) is 5.22. The molecular weight excluding hydrogens is 358 g/mol. The van der Waals surface area contributed by atoms with Gasteiger partial charge in [0, 0.05) is 30.7 Å². The highest BCUT2D eigenvalue weighted by Gasteiger charge is 2.22. The largest absolute Gasteiger partial charge is 0.339 e. The molecule has 0 radical (unpaired) electrons. The molecule has 4 rings (SSSR count). The second kappa shape index (κ2) is 7.97. The van der Waals surface area contributed by atoms with Crippen LogP contribution in [0.25, 0.3) is 17.1 Å². The average Bonchev–Trinajstić information content (AvgIpc) is 3.11. The first-order chi connectivity index (χ1) is 13.2. The third-order valence-corrected chi connectivity index (χ3v) is 5.56. The van der Waals surface area contributed by atoms with Crippen molar-refractivity contribution >= 4 is 34.6 Å². The van der Waals surface area contributed by atoms with Gasteiger partial charge in [-0.2, -0.15) is 0 Å². The maximum atomic E-state index is 12.5. The highest BCUT2D eigenvalue weighted by Crippen LogP contribution is 2.22. The molecule has 0 unspecified atom stereocenters. The molecule has 1 aromatic heterocycles. The van der Waals surface area contributed by atoms with Crippen LogP contribution in [0.4, 0.5) is 0 Å². The first kappa shape index (κ1) is 17.8. The molecule has 0 saturated carbocycles. The summed E-state index contributed by atoms with van der Waals surface area (Å²) in [4.78, 5) is 18.9. The molecule has 2 aromatic carbocycles. The first-order valence-corrected chi connectivity index (χ1v) is 9.70. The van der Waals surface area contributed by atoms with E-state index in [0.29, 0.717) is 10.9 Å². The van der Waals surface area contributed by atoms with Gasteiger partial charge >= 0.3 is 0 Å². The number of carbonyl (C=O) groups is 1. The number of benzene rings is 2. The lowest BCUT2D eigenvalue weighted by Crippen LogP contribution is -2.38.